The van der Waals surface area contributed by atoms with Crippen LogP contribution in [0.4, 0.5) is 0 Å². The maximum Gasteiger partial charge on any atom is 0.287 e. The first-order valence-electron chi connectivity index (χ1n) is 5.98. The standard InChI is InChI=1S/C11H15BrN2O4S/c12-10-9(19(13,16)17)6-8(18-10)11(15)14-5-4-7-2-1-3-7/h6-7H,1-5H2,(H,14,15)(H2,13,16,17). The number of sulfonamides is 1. The second-order valence-corrected chi connectivity index (χ2v) is 6.89. The van der Waals surface area contributed by atoms with Crippen molar-refractivity contribution in [1.82, 2.24) is 5.32 Å². The van der Waals surface area contributed by atoms with Crippen LogP contribution in [-0.4, -0.2) is 20.9 Å². The average molecular weight is 351 g/mol. The number of amides is 1. The van der Waals surface area contributed by atoms with Crippen LogP contribution in [0.1, 0.15) is 36.2 Å². The monoisotopic (exact) mass is 350 g/mol. The van der Waals surface area contributed by atoms with E-state index in [9.17, 15) is 13.2 Å². The van der Waals surface area contributed by atoms with Crippen LogP contribution in [0.5, 0.6) is 0 Å². The predicted molar refractivity (Wildman–Crippen MR) is 72.1 cm³/mol. The van der Waals surface area contributed by atoms with E-state index in [1.165, 1.54) is 19.3 Å². The van der Waals surface area contributed by atoms with E-state index < -0.39 is 15.9 Å². The van der Waals surface area contributed by atoms with Crippen LogP contribution in [0.2, 0.25) is 0 Å². The summed E-state index contributed by atoms with van der Waals surface area (Å²) in [6.07, 6.45) is 4.65. The summed E-state index contributed by atoms with van der Waals surface area (Å²) in [5.74, 6) is 0.197. The Balaban J connectivity index is 1.95. The fourth-order valence-corrected chi connectivity index (χ4v) is 3.42. The van der Waals surface area contributed by atoms with Crippen molar-refractivity contribution in [2.45, 2.75) is 30.6 Å². The maximum atomic E-state index is 11.8. The molecule has 0 radical (unpaired) electrons. The van der Waals surface area contributed by atoms with Gasteiger partial charge in [-0.05, 0) is 28.3 Å². The maximum absolute atomic E-state index is 11.8. The van der Waals surface area contributed by atoms with Gasteiger partial charge in [-0.25, -0.2) is 13.6 Å². The predicted octanol–water partition coefficient (Wildman–Crippen LogP) is 1.61. The van der Waals surface area contributed by atoms with E-state index in [1.54, 1.807) is 0 Å². The Bertz CT molecular complexity index is 578. The van der Waals surface area contributed by atoms with E-state index in [0.717, 1.165) is 12.5 Å². The molecule has 0 bridgehead atoms. The minimum atomic E-state index is -3.90. The minimum absolute atomic E-state index is 0.0563. The van der Waals surface area contributed by atoms with Gasteiger partial charge in [0.1, 0.15) is 4.90 Å². The lowest BCUT2D eigenvalue weighted by Crippen LogP contribution is -2.27. The molecule has 8 heteroatoms. The Morgan fingerprint density at radius 1 is 1.53 bits per heavy atom. The lowest BCUT2D eigenvalue weighted by Gasteiger charge is -2.24. The summed E-state index contributed by atoms with van der Waals surface area (Å²) < 4.78 is 27.4. The second-order valence-electron chi connectivity index (χ2n) is 4.64. The van der Waals surface area contributed by atoms with Crippen molar-refractivity contribution in [1.29, 1.82) is 0 Å². The second kappa shape index (κ2) is 5.64. The topological polar surface area (TPSA) is 102 Å². The summed E-state index contributed by atoms with van der Waals surface area (Å²) in [5, 5.41) is 7.69. The van der Waals surface area contributed by atoms with E-state index >= 15 is 0 Å². The molecular formula is C11H15BrN2O4S. The lowest BCUT2D eigenvalue weighted by atomic mass is 9.83. The zero-order valence-corrected chi connectivity index (χ0v) is 12.6. The molecule has 1 heterocycles. The van der Waals surface area contributed by atoms with Crippen LogP contribution >= 0.6 is 15.9 Å². The molecule has 1 fully saturated rings. The smallest absolute Gasteiger partial charge is 0.287 e. The first kappa shape index (κ1) is 14.5. The Hall–Kier alpha value is -0.860. The number of halogens is 1. The molecule has 3 N–H and O–H groups in total. The molecule has 6 nitrogen and oxygen atoms in total. The molecule has 0 unspecified atom stereocenters. The van der Waals surface area contributed by atoms with Gasteiger partial charge in [-0.3, -0.25) is 4.79 Å². The van der Waals surface area contributed by atoms with Gasteiger partial charge in [0.25, 0.3) is 5.91 Å². The fraction of sp³-hybridized carbons (Fsp3) is 0.545. The molecule has 1 aromatic heterocycles. The van der Waals surface area contributed by atoms with Gasteiger partial charge in [-0.15, -0.1) is 0 Å². The molecular weight excluding hydrogens is 336 g/mol. The Morgan fingerprint density at radius 2 is 2.21 bits per heavy atom. The Labute approximate surface area is 119 Å². The molecule has 1 aromatic rings. The highest BCUT2D eigenvalue weighted by molar-refractivity contribution is 9.10. The van der Waals surface area contributed by atoms with Gasteiger partial charge in [-0.2, -0.15) is 0 Å². The molecule has 0 saturated heterocycles. The summed E-state index contributed by atoms with van der Waals surface area (Å²) in [7, 11) is -3.90. The van der Waals surface area contributed by atoms with Gasteiger partial charge in [-0.1, -0.05) is 19.3 Å². The SMILES string of the molecule is NS(=O)(=O)c1cc(C(=O)NCCC2CCC2)oc1Br. The van der Waals surface area contributed by atoms with E-state index in [-0.39, 0.29) is 15.3 Å². The van der Waals surface area contributed by atoms with Crippen LogP contribution in [0, 0.1) is 5.92 Å². The number of hydrogen-bond donors (Lipinski definition) is 2. The molecule has 106 valence electrons. The number of carbonyl (C=O) groups is 1. The van der Waals surface area contributed by atoms with Crippen LogP contribution in [0.15, 0.2) is 20.0 Å². The van der Waals surface area contributed by atoms with Gasteiger partial charge < -0.3 is 9.73 Å². The van der Waals surface area contributed by atoms with Crippen molar-refractivity contribution in [3.05, 3.63) is 16.5 Å². The number of hydrogen-bond acceptors (Lipinski definition) is 4. The van der Waals surface area contributed by atoms with E-state index in [1.807, 2.05) is 0 Å². The van der Waals surface area contributed by atoms with Gasteiger partial charge in [0.2, 0.25) is 10.0 Å². The van der Waals surface area contributed by atoms with E-state index in [4.69, 9.17) is 9.56 Å². The van der Waals surface area contributed by atoms with Crippen molar-refractivity contribution in [2.24, 2.45) is 11.1 Å². The van der Waals surface area contributed by atoms with Crippen LogP contribution in [0.3, 0.4) is 0 Å². The van der Waals surface area contributed by atoms with Crippen molar-refractivity contribution in [3.8, 4) is 0 Å². The summed E-state index contributed by atoms with van der Waals surface area (Å²) in [5.41, 5.74) is 0. The molecule has 0 aromatic carbocycles. The number of primary sulfonamides is 1. The first-order valence-corrected chi connectivity index (χ1v) is 8.32. The Kier molecular flexibility index (Phi) is 4.32. The third kappa shape index (κ3) is 3.58. The van der Waals surface area contributed by atoms with Crippen LogP contribution in [-0.2, 0) is 10.0 Å². The van der Waals surface area contributed by atoms with Gasteiger partial charge in [0.05, 0.1) is 0 Å². The molecule has 1 amide bonds. The molecule has 0 atom stereocenters. The third-order valence-corrected chi connectivity index (χ3v) is 5.02. The highest BCUT2D eigenvalue weighted by atomic mass is 79.9. The summed E-state index contributed by atoms with van der Waals surface area (Å²) in [4.78, 5) is 11.5. The van der Waals surface area contributed by atoms with E-state index in [2.05, 4.69) is 21.2 Å². The highest BCUT2D eigenvalue weighted by Crippen LogP contribution is 2.29. The quantitative estimate of drug-likeness (QED) is 0.841. The van der Waals surface area contributed by atoms with Crippen LogP contribution in [0.25, 0.3) is 0 Å². The summed E-state index contributed by atoms with van der Waals surface area (Å²) in [6, 6.07) is 1.12. The minimum Gasteiger partial charge on any atom is -0.443 e. The van der Waals surface area contributed by atoms with Crippen molar-refractivity contribution in [2.75, 3.05) is 6.54 Å². The van der Waals surface area contributed by atoms with Crippen molar-refractivity contribution >= 4 is 31.9 Å². The molecule has 1 aliphatic carbocycles. The largest absolute Gasteiger partial charge is 0.443 e. The van der Waals surface area contributed by atoms with E-state index in [0.29, 0.717) is 12.5 Å². The Morgan fingerprint density at radius 3 is 2.68 bits per heavy atom. The van der Waals surface area contributed by atoms with Crippen molar-refractivity contribution < 1.29 is 17.6 Å². The highest BCUT2D eigenvalue weighted by Gasteiger charge is 2.22. The fourth-order valence-electron chi connectivity index (χ4n) is 1.92. The van der Waals surface area contributed by atoms with Crippen molar-refractivity contribution in [3.63, 3.8) is 0 Å². The lowest BCUT2D eigenvalue weighted by molar-refractivity contribution is 0.0920. The zero-order valence-electron chi connectivity index (χ0n) is 10.2. The van der Waals surface area contributed by atoms with Crippen LogP contribution < -0.4 is 10.5 Å². The summed E-state index contributed by atoms with van der Waals surface area (Å²) >= 11 is 2.93. The molecule has 1 saturated carbocycles. The molecule has 0 spiro atoms. The molecule has 0 aliphatic heterocycles. The van der Waals surface area contributed by atoms with Gasteiger partial charge >= 0.3 is 0 Å². The average Bonchev–Trinajstić information content (AvgIpc) is 2.63. The first-order chi connectivity index (χ1) is 8.88. The molecule has 19 heavy (non-hydrogen) atoms. The number of nitrogens with one attached hydrogen (secondary N) is 1. The number of nitrogens with two attached hydrogens (primary N) is 1. The third-order valence-electron chi connectivity index (χ3n) is 3.25. The number of furan rings is 1. The molecule has 2 rings (SSSR count). The van der Waals surface area contributed by atoms with Gasteiger partial charge in [0.15, 0.2) is 10.4 Å². The summed E-state index contributed by atoms with van der Waals surface area (Å²) in [6.45, 7) is 0.562. The molecule has 1 aliphatic rings. The number of rotatable bonds is 5. The normalized spacial score (nSPS) is 16.1. The zero-order chi connectivity index (χ0) is 14.0. The number of carbonyl (C=O) groups excluding carboxylic acids is 1. The van der Waals surface area contributed by atoms with Gasteiger partial charge in [0, 0.05) is 12.6 Å².